The summed E-state index contributed by atoms with van der Waals surface area (Å²) in [5, 5.41) is 4.04. The molecule has 0 heterocycles. The molecule has 0 aliphatic rings. The zero-order chi connectivity index (χ0) is 31.2. The number of benzene rings is 3. The molecule has 3 aromatic carbocycles. The van der Waals surface area contributed by atoms with Gasteiger partial charge in [0, 0.05) is 32.7 Å². The summed E-state index contributed by atoms with van der Waals surface area (Å²) < 4.78 is 28.9. The molecule has 0 spiro atoms. The van der Waals surface area contributed by atoms with Gasteiger partial charge in [-0.05, 0) is 74.7 Å². The van der Waals surface area contributed by atoms with Gasteiger partial charge in [0.2, 0.25) is 11.8 Å². The molecule has 0 saturated carbocycles. The Morgan fingerprint density at radius 2 is 1.48 bits per heavy atom. The molecule has 0 radical (unpaired) electrons. The highest BCUT2D eigenvalue weighted by Gasteiger charge is 2.34. The van der Waals surface area contributed by atoms with E-state index in [0.29, 0.717) is 22.0 Å². The van der Waals surface area contributed by atoms with Gasteiger partial charge in [0.1, 0.15) is 12.6 Å². The van der Waals surface area contributed by atoms with Gasteiger partial charge in [0.25, 0.3) is 10.0 Å². The van der Waals surface area contributed by atoms with Crippen molar-refractivity contribution in [2.24, 2.45) is 0 Å². The summed E-state index contributed by atoms with van der Waals surface area (Å²) in [6, 6.07) is 14.4. The molecule has 2 amide bonds. The van der Waals surface area contributed by atoms with Gasteiger partial charge in [-0.2, -0.15) is 0 Å². The van der Waals surface area contributed by atoms with Crippen LogP contribution >= 0.6 is 46.4 Å². The van der Waals surface area contributed by atoms with Crippen molar-refractivity contribution in [1.29, 1.82) is 0 Å². The van der Waals surface area contributed by atoms with Crippen LogP contribution in [-0.4, -0.2) is 43.8 Å². The van der Waals surface area contributed by atoms with Crippen molar-refractivity contribution in [2.45, 2.75) is 64.1 Å². The second kappa shape index (κ2) is 14.8. The van der Waals surface area contributed by atoms with Crippen LogP contribution < -0.4 is 9.62 Å². The number of hydrogen-bond acceptors (Lipinski definition) is 4. The summed E-state index contributed by atoms with van der Waals surface area (Å²) in [5.41, 5.74) is 1.51. The molecule has 12 heteroatoms. The van der Waals surface area contributed by atoms with Crippen molar-refractivity contribution in [1.82, 2.24) is 10.2 Å². The van der Waals surface area contributed by atoms with Gasteiger partial charge in [-0.15, -0.1) is 0 Å². The third kappa shape index (κ3) is 8.54. The number of anilines is 1. The number of rotatable bonds is 12. The molecule has 0 aliphatic carbocycles. The smallest absolute Gasteiger partial charge is 0.264 e. The van der Waals surface area contributed by atoms with E-state index in [1.165, 1.54) is 35.2 Å². The maximum absolute atomic E-state index is 14.2. The van der Waals surface area contributed by atoms with Crippen LogP contribution in [0.5, 0.6) is 0 Å². The van der Waals surface area contributed by atoms with Crippen molar-refractivity contribution in [3.63, 3.8) is 0 Å². The Morgan fingerprint density at radius 1 is 0.857 bits per heavy atom. The van der Waals surface area contributed by atoms with Gasteiger partial charge < -0.3 is 10.2 Å². The zero-order valence-corrected chi connectivity index (χ0v) is 27.5. The minimum absolute atomic E-state index is 0.0224. The number of carbonyl (C=O) groups is 2. The van der Waals surface area contributed by atoms with E-state index < -0.39 is 28.5 Å². The minimum atomic E-state index is -4.27. The highest BCUT2D eigenvalue weighted by Crippen LogP contribution is 2.31. The monoisotopic (exact) mass is 671 g/mol. The topological polar surface area (TPSA) is 86.8 Å². The lowest BCUT2D eigenvalue weighted by molar-refractivity contribution is -0.140. The molecule has 0 aromatic heterocycles. The molecule has 7 nitrogen and oxygen atoms in total. The predicted octanol–water partition coefficient (Wildman–Crippen LogP) is 7.53. The summed E-state index contributed by atoms with van der Waals surface area (Å²) in [5.74, 6) is -0.983. The van der Waals surface area contributed by atoms with Crippen LogP contribution in [0.2, 0.25) is 20.1 Å². The summed E-state index contributed by atoms with van der Waals surface area (Å²) in [4.78, 5) is 28.9. The van der Waals surface area contributed by atoms with Crippen molar-refractivity contribution >= 4 is 73.9 Å². The molecule has 2 unspecified atom stereocenters. The lowest BCUT2D eigenvalue weighted by Gasteiger charge is -2.34. The molecular formula is C30H33Cl4N3O4S. The van der Waals surface area contributed by atoms with Gasteiger partial charge in [-0.25, -0.2) is 8.42 Å². The van der Waals surface area contributed by atoms with Crippen LogP contribution in [0.4, 0.5) is 5.69 Å². The fraction of sp³-hybridized carbons (Fsp3) is 0.333. The lowest BCUT2D eigenvalue weighted by atomic mass is 10.1. The fourth-order valence-corrected chi connectivity index (χ4v) is 6.62. The fourth-order valence-electron chi connectivity index (χ4n) is 4.24. The highest BCUT2D eigenvalue weighted by atomic mass is 35.5. The standard InChI is InChI=1S/C30H33Cl4N3O4S/c1-5-20(4)35-30(39)28(6-2)36(17-21-9-10-22(31)16-27(21)34)29(38)18-37(25-14-23(32)13-24(33)15-25)42(40,41)26-11-7-19(3)8-12-26/h7-16,20,28H,5-6,17-18H2,1-4H3,(H,35,39). The number of amides is 2. The number of halogens is 4. The third-order valence-electron chi connectivity index (χ3n) is 6.77. The Bertz CT molecular complexity index is 1510. The molecule has 226 valence electrons. The molecule has 1 N–H and O–H groups in total. The Kier molecular flexibility index (Phi) is 12.0. The van der Waals surface area contributed by atoms with Crippen LogP contribution in [0, 0.1) is 6.92 Å². The van der Waals surface area contributed by atoms with E-state index in [1.807, 2.05) is 20.8 Å². The molecule has 3 rings (SSSR count). The van der Waals surface area contributed by atoms with E-state index in [-0.39, 0.29) is 45.5 Å². The number of sulfonamides is 1. The number of nitrogens with one attached hydrogen (secondary N) is 1. The zero-order valence-electron chi connectivity index (χ0n) is 23.7. The number of hydrogen-bond donors (Lipinski definition) is 1. The summed E-state index contributed by atoms with van der Waals surface area (Å²) in [7, 11) is -4.27. The molecule has 2 atom stereocenters. The second-order valence-corrected chi connectivity index (χ2v) is 13.5. The first-order valence-corrected chi connectivity index (χ1v) is 16.3. The average molecular weight is 673 g/mol. The maximum Gasteiger partial charge on any atom is 0.264 e. The normalized spacial score (nSPS) is 12.9. The highest BCUT2D eigenvalue weighted by molar-refractivity contribution is 7.92. The summed E-state index contributed by atoms with van der Waals surface area (Å²) in [6.45, 7) is 6.73. The van der Waals surface area contributed by atoms with E-state index in [2.05, 4.69) is 5.32 Å². The molecule has 0 bridgehead atoms. The molecule has 42 heavy (non-hydrogen) atoms. The first-order valence-electron chi connectivity index (χ1n) is 13.4. The van der Waals surface area contributed by atoms with E-state index in [1.54, 1.807) is 37.3 Å². The van der Waals surface area contributed by atoms with Crippen LogP contribution in [0.1, 0.15) is 44.7 Å². The molecule has 0 saturated heterocycles. The maximum atomic E-state index is 14.2. The largest absolute Gasteiger partial charge is 0.352 e. The van der Waals surface area contributed by atoms with Gasteiger partial charge in [-0.3, -0.25) is 13.9 Å². The molecule has 0 aliphatic heterocycles. The molecule has 3 aromatic rings. The van der Waals surface area contributed by atoms with Crippen molar-refractivity contribution in [2.75, 3.05) is 10.8 Å². The Balaban J connectivity index is 2.12. The third-order valence-corrected chi connectivity index (χ3v) is 9.58. The Hall–Kier alpha value is -2.49. The second-order valence-electron chi connectivity index (χ2n) is 9.95. The van der Waals surface area contributed by atoms with Crippen molar-refractivity contribution in [3.8, 4) is 0 Å². The molecular weight excluding hydrogens is 640 g/mol. The van der Waals surface area contributed by atoms with Crippen LogP contribution in [0.3, 0.4) is 0 Å². The van der Waals surface area contributed by atoms with E-state index >= 15 is 0 Å². The lowest BCUT2D eigenvalue weighted by Crippen LogP contribution is -2.53. The number of aryl methyl sites for hydroxylation is 1. The Morgan fingerprint density at radius 3 is 2.02 bits per heavy atom. The Labute approximate surface area is 267 Å². The SMILES string of the molecule is CCC(C)NC(=O)C(CC)N(Cc1ccc(Cl)cc1Cl)C(=O)CN(c1cc(Cl)cc(Cl)c1)S(=O)(=O)c1ccc(C)cc1. The quantitative estimate of drug-likeness (QED) is 0.216. The van der Waals surface area contributed by atoms with Gasteiger partial charge in [0.15, 0.2) is 0 Å². The first-order chi connectivity index (χ1) is 19.8. The molecule has 0 fully saturated rings. The number of carbonyl (C=O) groups excluding carboxylic acids is 2. The van der Waals surface area contributed by atoms with E-state index in [9.17, 15) is 18.0 Å². The average Bonchev–Trinajstić information content (AvgIpc) is 2.92. The van der Waals surface area contributed by atoms with Crippen molar-refractivity contribution < 1.29 is 18.0 Å². The number of nitrogens with zero attached hydrogens (tertiary/aromatic N) is 2. The summed E-state index contributed by atoms with van der Waals surface area (Å²) in [6.07, 6.45) is 0.962. The first kappa shape index (κ1) is 34.0. The van der Waals surface area contributed by atoms with Crippen LogP contribution in [0.15, 0.2) is 65.6 Å². The van der Waals surface area contributed by atoms with E-state index in [4.69, 9.17) is 46.4 Å². The van der Waals surface area contributed by atoms with Gasteiger partial charge in [-0.1, -0.05) is 84.0 Å². The minimum Gasteiger partial charge on any atom is -0.352 e. The van der Waals surface area contributed by atoms with Crippen molar-refractivity contribution in [3.05, 3.63) is 91.9 Å². The van der Waals surface area contributed by atoms with Crippen LogP contribution in [0.25, 0.3) is 0 Å². The summed E-state index contributed by atoms with van der Waals surface area (Å²) >= 11 is 25.0. The van der Waals surface area contributed by atoms with E-state index in [0.717, 1.165) is 9.87 Å². The van der Waals surface area contributed by atoms with Crippen LogP contribution in [-0.2, 0) is 26.2 Å². The van der Waals surface area contributed by atoms with Gasteiger partial charge >= 0.3 is 0 Å². The van der Waals surface area contributed by atoms with Gasteiger partial charge in [0.05, 0.1) is 10.6 Å². The predicted molar refractivity (Wildman–Crippen MR) is 171 cm³/mol.